The van der Waals surface area contributed by atoms with E-state index < -0.39 is 5.54 Å². The van der Waals surface area contributed by atoms with Crippen molar-refractivity contribution in [2.45, 2.75) is 51.5 Å². The Balaban J connectivity index is 2.26. The third kappa shape index (κ3) is 4.31. The van der Waals surface area contributed by atoms with E-state index in [0.29, 0.717) is 38.8 Å². The number of hydrogen-bond donors (Lipinski definition) is 2. The number of imide groups is 1. The summed E-state index contributed by atoms with van der Waals surface area (Å²) >= 11 is 0. The van der Waals surface area contributed by atoms with Gasteiger partial charge in [-0.25, -0.2) is 0 Å². The number of likely N-dealkylation sites (tertiary alicyclic amines) is 1. The summed E-state index contributed by atoms with van der Waals surface area (Å²) < 4.78 is 0. The Hall–Kier alpha value is -1.43. The molecule has 6 heteroatoms. The molecule has 0 aliphatic carbocycles. The second kappa shape index (κ2) is 6.65. The highest BCUT2D eigenvalue weighted by molar-refractivity contribution is 6.01. The average Bonchev–Trinajstić information content (AvgIpc) is 2.65. The molecule has 3 amide bonds. The van der Waals surface area contributed by atoms with Gasteiger partial charge in [-0.3, -0.25) is 19.3 Å². The van der Waals surface area contributed by atoms with Crippen LogP contribution in [0.2, 0.25) is 0 Å². The van der Waals surface area contributed by atoms with Crippen molar-refractivity contribution in [3.05, 3.63) is 0 Å². The minimum atomic E-state index is -0.853. The molecule has 1 rings (SSSR count). The zero-order chi connectivity index (χ0) is 14.5. The van der Waals surface area contributed by atoms with Gasteiger partial charge in [0.05, 0.1) is 5.54 Å². The topological polar surface area (TPSA) is 92.5 Å². The van der Waals surface area contributed by atoms with Crippen LogP contribution in [0.15, 0.2) is 0 Å². The monoisotopic (exact) mass is 269 g/mol. The van der Waals surface area contributed by atoms with Crippen LogP contribution in [0, 0.1) is 0 Å². The van der Waals surface area contributed by atoms with Gasteiger partial charge >= 0.3 is 0 Å². The SMILES string of the molecule is CCCC(C)(N)C(=O)NCCCN1C(=O)CCC1=O. The summed E-state index contributed by atoms with van der Waals surface area (Å²) in [5.41, 5.74) is 5.04. The number of carbonyl (C=O) groups excluding carboxylic acids is 3. The number of nitrogens with zero attached hydrogens (tertiary/aromatic N) is 1. The van der Waals surface area contributed by atoms with Gasteiger partial charge in [-0.2, -0.15) is 0 Å². The first-order valence-corrected chi connectivity index (χ1v) is 6.79. The molecular weight excluding hydrogens is 246 g/mol. The van der Waals surface area contributed by atoms with Crippen molar-refractivity contribution in [1.82, 2.24) is 10.2 Å². The number of rotatable bonds is 7. The van der Waals surface area contributed by atoms with Crippen molar-refractivity contribution in [2.75, 3.05) is 13.1 Å². The van der Waals surface area contributed by atoms with Gasteiger partial charge in [-0.1, -0.05) is 13.3 Å². The van der Waals surface area contributed by atoms with Gasteiger partial charge in [-0.15, -0.1) is 0 Å². The minimum absolute atomic E-state index is 0.119. The molecule has 108 valence electrons. The highest BCUT2D eigenvalue weighted by Crippen LogP contribution is 2.12. The summed E-state index contributed by atoms with van der Waals surface area (Å²) in [7, 11) is 0. The van der Waals surface area contributed by atoms with E-state index in [-0.39, 0.29) is 17.7 Å². The van der Waals surface area contributed by atoms with Gasteiger partial charge in [0.1, 0.15) is 0 Å². The number of nitrogens with two attached hydrogens (primary N) is 1. The van der Waals surface area contributed by atoms with Crippen LogP contribution in [-0.2, 0) is 14.4 Å². The highest BCUT2D eigenvalue weighted by atomic mass is 16.2. The Morgan fingerprint density at radius 3 is 2.47 bits per heavy atom. The lowest BCUT2D eigenvalue weighted by molar-refractivity contribution is -0.138. The summed E-state index contributed by atoms with van der Waals surface area (Å²) in [4.78, 5) is 35.8. The van der Waals surface area contributed by atoms with Crippen LogP contribution >= 0.6 is 0 Å². The Bertz CT molecular complexity index is 350. The molecule has 1 unspecified atom stereocenters. The molecule has 1 atom stereocenters. The molecule has 0 aromatic carbocycles. The van der Waals surface area contributed by atoms with E-state index in [1.54, 1.807) is 6.92 Å². The third-order valence-electron chi connectivity index (χ3n) is 3.29. The van der Waals surface area contributed by atoms with Gasteiger partial charge in [-0.05, 0) is 19.8 Å². The first-order valence-electron chi connectivity index (χ1n) is 6.79. The number of amides is 3. The van der Waals surface area contributed by atoms with Crippen molar-refractivity contribution in [2.24, 2.45) is 5.73 Å². The molecule has 3 N–H and O–H groups in total. The van der Waals surface area contributed by atoms with E-state index in [2.05, 4.69) is 5.32 Å². The molecule has 0 aromatic heterocycles. The van der Waals surface area contributed by atoms with Crippen LogP contribution in [0.1, 0.15) is 46.0 Å². The van der Waals surface area contributed by atoms with Crippen LogP contribution in [0.25, 0.3) is 0 Å². The molecule has 6 nitrogen and oxygen atoms in total. The standard InChI is InChI=1S/C13H23N3O3/c1-3-7-13(2,14)12(19)15-8-4-9-16-10(17)5-6-11(16)18/h3-9,14H2,1-2H3,(H,15,19). The summed E-state index contributed by atoms with van der Waals surface area (Å²) in [5, 5.41) is 2.75. The predicted molar refractivity (Wildman–Crippen MR) is 71.1 cm³/mol. The van der Waals surface area contributed by atoms with Crippen LogP contribution < -0.4 is 11.1 Å². The van der Waals surface area contributed by atoms with Gasteiger partial charge < -0.3 is 11.1 Å². The molecule has 1 fully saturated rings. The Kier molecular flexibility index (Phi) is 5.47. The minimum Gasteiger partial charge on any atom is -0.354 e. The van der Waals surface area contributed by atoms with Crippen LogP contribution in [-0.4, -0.2) is 41.2 Å². The van der Waals surface area contributed by atoms with Crippen molar-refractivity contribution in [3.8, 4) is 0 Å². The van der Waals surface area contributed by atoms with Crippen molar-refractivity contribution >= 4 is 17.7 Å². The van der Waals surface area contributed by atoms with E-state index in [0.717, 1.165) is 6.42 Å². The van der Waals surface area contributed by atoms with E-state index in [1.807, 2.05) is 6.92 Å². The Labute approximate surface area is 113 Å². The maximum atomic E-state index is 11.8. The third-order valence-corrected chi connectivity index (χ3v) is 3.29. The molecule has 1 heterocycles. The molecule has 0 bridgehead atoms. The maximum Gasteiger partial charge on any atom is 0.239 e. The molecule has 1 aliphatic heterocycles. The number of carbonyl (C=O) groups is 3. The molecule has 0 radical (unpaired) electrons. The molecule has 0 aromatic rings. The second-order valence-corrected chi connectivity index (χ2v) is 5.22. The molecule has 0 saturated carbocycles. The molecule has 0 spiro atoms. The van der Waals surface area contributed by atoms with Gasteiger partial charge in [0.15, 0.2) is 0 Å². The molecule has 19 heavy (non-hydrogen) atoms. The van der Waals surface area contributed by atoms with Crippen LogP contribution in [0.3, 0.4) is 0 Å². The molecule has 1 saturated heterocycles. The smallest absolute Gasteiger partial charge is 0.239 e. The lowest BCUT2D eigenvalue weighted by Crippen LogP contribution is -2.51. The quantitative estimate of drug-likeness (QED) is 0.508. The van der Waals surface area contributed by atoms with Gasteiger partial charge in [0.2, 0.25) is 17.7 Å². The van der Waals surface area contributed by atoms with Gasteiger partial charge in [0, 0.05) is 25.9 Å². The number of nitrogens with one attached hydrogen (secondary N) is 1. The van der Waals surface area contributed by atoms with E-state index in [9.17, 15) is 14.4 Å². The summed E-state index contributed by atoms with van der Waals surface area (Å²) in [5.74, 6) is -0.426. The normalized spacial score (nSPS) is 18.6. The van der Waals surface area contributed by atoms with E-state index >= 15 is 0 Å². The Morgan fingerprint density at radius 2 is 1.95 bits per heavy atom. The summed E-state index contributed by atoms with van der Waals surface area (Å²) in [6.07, 6.45) is 2.65. The largest absolute Gasteiger partial charge is 0.354 e. The second-order valence-electron chi connectivity index (χ2n) is 5.22. The summed E-state index contributed by atoms with van der Waals surface area (Å²) in [6.45, 7) is 4.47. The number of hydrogen-bond acceptors (Lipinski definition) is 4. The van der Waals surface area contributed by atoms with Crippen molar-refractivity contribution in [3.63, 3.8) is 0 Å². The van der Waals surface area contributed by atoms with Crippen LogP contribution in [0.4, 0.5) is 0 Å². The highest BCUT2D eigenvalue weighted by Gasteiger charge is 2.29. The zero-order valence-corrected chi connectivity index (χ0v) is 11.7. The average molecular weight is 269 g/mol. The van der Waals surface area contributed by atoms with Crippen molar-refractivity contribution < 1.29 is 14.4 Å². The van der Waals surface area contributed by atoms with Gasteiger partial charge in [0.25, 0.3) is 0 Å². The molecular formula is C13H23N3O3. The Morgan fingerprint density at radius 1 is 1.37 bits per heavy atom. The van der Waals surface area contributed by atoms with E-state index in [1.165, 1.54) is 4.90 Å². The lowest BCUT2D eigenvalue weighted by Gasteiger charge is -2.23. The fraction of sp³-hybridized carbons (Fsp3) is 0.769. The van der Waals surface area contributed by atoms with Crippen molar-refractivity contribution in [1.29, 1.82) is 0 Å². The first kappa shape index (κ1) is 15.6. The predicted octanol–water partition coefficient (Wildman–Crippen LogP) is 0.159. The lowest BCUT2D eigenvalue weighted by atomic mass is 9.96. The zero-order valence-electron chi connectivity index (χ0n) is 11.7. The summed E-state index contributed by atoms with van der Waals surface area (Å²) in [6, 6.07) is 0. The molecule has 1 aliphatic rings. The van der Waals surface area contributed by atoms with Crippen LogP contribution in [0.5, 0.6) is 0 Å². The fourth-order valence-electron chi connectivity index (χ4n) is 2.15. The maximum absolute atomic E-state index is 11.8. The van der Waals surface area contributed by atoms with E-state index in [4.69, 9.17) is 5.73 Å². The fourth-order valence-corrected chi connectivity index (χ4v) is 2.15. The first-order chi connectivity index (χ1) is 8.88.